The summed E-state index contributed by atoms with van der Waals surface area (Å²) < 4.78 is 0. The molecule has 0 saturated carbocycles. The van der Waals surface area contributed by atoms with Gasteiger partial charge in [-0.1, -0.05) is 30.3 Å². The zero-order valence-electron chi connectivity index (χ0n) is 9.52. The fourth-order valence-electron chi connectivity index (χ4n) is 2.32. The molecular formula is C13H17NO2. The summed E-state index contributed by atoms with van der Waals surface area (Å²) in [5, 5.41) is 9.28. The lowest BCUT2D eigenvalue weighted by Gasteiger charge is -2.31. The number of aliphatic carboxylic acids is 1. The van der Waals surface area contributed by atoms with E-state index in [9.17, 15) is 9.90 Å². The molecule has 2 rings (SSSR count). The van der Waals surface area contributed by atoms with Crippen molar-refractivity contribution < 1.29 is 9.90 Å². The third-order valence-electron chi connectivity index (χ3n) is 3.47. The van der Waals surface area contributed by atoms with Crippen molar-refractivity contribution in [1.29, 1.82) is 0 Å². The van der Waals surface area contributed by atoms with Gasteiger partial charge in [-0.2, -0.15) is 0 Å². The molecule has 1 atom stereocenters. The Labute approximate surface area is 95.7 Å². The van der Waals surface area contributed by atoms with Gasteiger partial charge in [0, 0.05) is 6.54 Å². The number of benzene rings is 1. The van der Waals surface area contributed by atoms with Crippen molar-refractivity contribution in [3.05, 3.63) is 35.9 Å². The number of carboxylic acids is 1. The molecule has 1 aliphatic heterocycles. The molecule has 0 amide bonds. The van der Waals surface area contributed by atoms with Crippen LogP contribution >= 0.6 is 0 Å². The highest BCUT2D eigenvalue weighted by Gasteiger charge is 2.42. The highest BCUT2D eigenvalue weighted by molar-refractivity contribution is 5.78. The third-order valence-corrected chi connectivity index (χ3v) is 3.47. The van der Waals surface area contributed by atoms with Crippen LogP contribution < -0.4 is 0 Å². The van der Waals surface area contributed by atoms with Gasteiger partial charge < -0.3 is 5.11 Å². The van der Waals surface area contributed by atoms with Gasteiger partial charge in [-0.25, -0.2) is 0 Å². The van der Waals surface area contributed by atoms with Crippen molar-refractivity contribution in [2.24, 2.45) is 0 Å². The Morgan fingerprint density at radius 3 is 2.75 bits per heavy atom. The predicted molar refractivity (Wildman–Crippen MR) is 62.1 cm³/mol. The van der Waals surface area contributed by atoms with Gasteiger partial charge in [0.15, 0.2) is 0 Å². The van der Waals surface area contributed by atoms with E-state index in [4.69, 9.17) is 0 Å². The number of nitrogens with zero attached hydrogens (tertiary/aromatic N) is 1. The van der Waals surface area contributed by atoms with Crippen LogP contribution in [0.3, 0.4) is 0 Å². The van der Waals surface area contributed by atoms with Crippen molar-refractivity contribution in [2.45, 2.75) is 31.8 Å². The molecule has 16 heavy (non-hydrogen) atoms. The van der Waals surface area contributed by atoms with Crippen LogP contribution in [0.25, 0.3) is 0 Å². The van der Waals surface area contributed by atoms with Gasteiger partial charge in [0.2, 0.25) is 0 Å². The van der Waals surface area contributed by atoms with Crippen LogP contribution in [0, 0.1) is 0 Å². The summed E-state index contributed by atoms with van der Waals surface area (Å²) in [6.07, 6.45) is 1.71. The standard InChI is InChI=1S/C13H17NO2/c1-13(12(15)16)8-5-9-14(13)10-11-6-3-2-4-7-11/h2-4,6-7H,5,8-10H2,1H3,(H,15,16)/t13-/m1/s1. The van der Waals surface area contributed by atoms with Crippen LogP contribution in [0.4, 0.5) is 0 Å². The molecule has 1 aromatic rings. The Balaban J connectivity index is 2.13. The number of carboxylic acid groups (broad SMARTS) is 1. The number of rotatable bonds is 3. The fourth-order valence-corrected chi connectivity index (χ4v) is 2.32. The zero-order valence-corrected chi connectivity index (χ0v) is 9.52. The van der Waals surface area contributed by atoms with Crippen molar-refractivity contribution in [1.82, 2.24) is 4.90 Å². The van der Waals surface area contributed by atoms with E-state index in [-0.39, 0.29) is 0 Å². The van der Waals surface area contributed by atoms with Crippen LogP contribution in [-0.4, -0.2) is 28.1 Å². The predicted octanol–water partition coefficient (Wildman–Crippen LogP) is 2.13. The monoisotopic (exact) mass is 219 g/mol. The zero-order chi connectivity index (χ0) is 11.6. The Morgan fingerprint density at radius 1 is 1.44 bits per heavy atom. The minimum absolute atomic E-state index is 0.685. The lowest BCUT2D eigenvalue weighted by Crippen LogP contribution is -2.47. The first-order valence-corrected chi connectivity index (χ1v) is 5.65. The van der Waals surface area contributed by atoms with Crippen molar-refractivity contribution in [3.8, 4) is 0 Å². The summed E-state index contributed by atoms with van der Waals surface area (Å²) in [6.45, 7) is 3.42. The van der Waals surface area contributed by atoms with E-state index in [0.717, 1.165) is 25.9 Å². The molecule has 0 spiro atoms. The molecule has 0 radical (unpaired) electrons. The van der Waals surface area contributed by atoms with Crippen LogP contribution in [0.5, 0.6) is 0 Å². The molecule has 3 heteroatoms. The average molecular weight is 219 g/mol. The summed E-state index contributed by atoms with van der Waals surface area (Å²) in [7, 11) is 0. The topological polar surface area (TPSA) is 40.5 Å². The molecule has 0 aliphatic carbocycles. The molecule has 1 saturated heterocycles. The van der Waals surface area contributed by atoms with E-state index in [2.05, 4.69) is 4.90 Å². The molecule has 1 fully saturated rings. The lowest BCUT2D eigenvalue weighted by atomic mass is 9.99. The molecule has 0 unspecified atom stereocenters. The highest BCUT2D eigenvalue weighted by Crippen LogP contribution is 2.30. The second-order valence-electron chi connectivity index (χ2n) is 4.59. The van der Waals surface area contributed by atoms with Crippen LogP contribution in [0.2, 0.25) is 0 Å². The van der Waals surface area contributed by atoms with Crippen LogP contribution in [0.1, 0.15) is 25.3 Å². The highest BCUT2D eigenvalue weighted by atomic mass is 16.4. The minimum atomic E-state index is -0.707. The van der Waals surface area contributed by atoms with Gasteiger partial charge in [0.05, 0.1) is 0 Å². The Bertz CT molecular complexity index is 377. The van der Waals surface area contributed by atoms with Crippen LogP contribution in [0.15, 0.2) is 30.3 Å². The molecule has 86 valence electrons. The third kappa shape index (κ3) is 1.95. The number of carbonyl (C=O) groups is 1. The van der Waals surface area contributed by atoms with Gasteiger partial charge in [-0.15, -0.1) is 0 Å². The normalized spacial score (nSPS) is 25.8. The average Bonchev–Trinajstić information content (AvgIpc) is 2.63. The first-order valence-electron chi connectivity index (χ1n) is 5.65. The number of hydrogen-bond donors (Lipinski definition) is 1. The molecule has 1 aliphatic rings. The van der Waals surface area contributed by atoms with Crippen LogP contribution in [-0.2, 0) is 11.3 Å². The number of hydrogen-bond acceptors (Lipinski definition) is 2. The molecule has 3 nitrogen and oxygen atoms in total. The molecule has 1 heterocycles. The summed E-state index contributed by atoms with van der Waals surface area (Å²) in [6, 6.07) is 10.0. The SMILES string of the molecule is C[C@]1(C(=O)O)CCCN1Cc1ccccc1. The maximum absolute atomic E-state index is 11.3. The Morgan fingerprint density at radius 2 is 2.12 bits per heavy atom. The quantitative estimate of drug-likeness (QED) is 0.846. The second kappa shape index (κ2) is 4.26. The van der Waals surface area contributed by atoms with Crippen molar-refractivity contribution in [3.63, 3.8) is 0 Å². The van der Waals surface area contributed by atoms with Gasteiger partial charge in [0.25, 0.3) is 0 Å². The molecule has 1 N–H and O–H groups in total. The maximum Gasteiger partial charge on any atom is 0.323 e. The van der Waals surface area contributed by atoms with E-state index >= 15 is 0 Å². The van der Waals surface area contributed by atoms with E-state index in [1.807, 2.05) is 37.3 Å². The first-order chi connectivity index (χ1) is 7.63. The van der Waals surface area contributed by atoms with E-state index in [0.29, 0.717) is 0 Å². The van der Waals surface area contributed by atoms with Gasteiger partial charge in [-0.3, -0.25) is 9.69 Å². The first kappa shape index (κ1) is 11.1. The summed E-state index contributed by atoms with van der Waals surface area (Å²) in [5.41, 5.74) is 0.493. The van der Waals surface area contributed by atoms with Crippen molar-refractivity contribution in [2.75, 3.05) is 6.54 Å². The van der Waals surface area contributed by atoms with Gasteiger partial charge >= 0.3 is 5.97 Å². The molecule has 0 bridgehead atoms. The van der Waals surface area contributed by atoms with E-state index in [1.165, 1.54) is 5.56 Å². The van der Waals surface area contributed by atoms with Gasteiger partial charge in [0.1, 0.15) is 5.54 Å². The Hall–Kier alpha value is -1.35. The summed E-state index contributed by atoms with van der Waals surface area (Å²) in [5.74, 6) is -0.707. The lowest BCUT2D eigenvalue weighted by molar-refractivity contribution is -0.148. The molecule has 1 aromatic carbocycles. The summed E-state index contributed by atoms with van der Waals surface area (Å²) in [4.78, 5) is 13.3. The Kier molecular flexibility index (Phi) is 2.97. The van der Waals surface area contributed by atoms with E-state index < -0.39 is 11.5 Å². The molecular weight excluding hydrogens is 202 g/mol. The fraction of sp³-hybridized carbons (Fsp3) is 0.462. The summed E-state index contributed by atoms with van der Waals surface area (Å²) >= 11 is 0. The second-order valence-corrected chi connectivity index (χ2v) is 4.59. The smallest absolute Gasteiger partial charge is 0.323 e. The van der Waals surface area contributed by atoms with E-state index in [1.54, 1.807) is 0 Å². The van der Waals surface area contributed by atoms with Gasteiger partial charge in [-0.05, 0) is 31.9 Å². The maximum atomic E-state index is 11.3. The molecule has 0 aromatic heterocycles. The number of likely N-dealkylation sites (tertiary alicyclic amines) is 1. The van der Waals surface area contributed by atoms with Crippen molar-refractivity contribution >= 4 is 5.97 Å². The largest absolute Gasteiger partial charge is 0.480 e. The minimum Gasteiger partial charge on any atom is -0.480 e.